The quantitative estimate of drug-likeness (QED) is 0.384. The van der Waals surface area contributed by atoms with Crippen LogP contribution in [0.3, 0.4) is 0 Å². The van der Waals surface area contributed by atoms with Crippen molar-refractivity contribution in [3.05, 3.63) is 40.0 Å². The van der Waals surface area contributed by atoms with Crippen molar-refractivity contribution in [1.82, 2.24) is 0 Å². The van der Waals surface area contributed by atoms with Crippen LogP contribution in [0.5, 0.6) is 0 Å². The van der Waals surface area contributed by atoms with Gasteiger partial charge in [0, 0.05) is 20.5 Å². The summed E-state index contributed by atoms with van der Waals surface area (Å²) in [6.45, 7) is 8.24. The van der Waals surface area contributed by atoms with Crippen LogP contribution in [0, 0.1) is 5.41 Å². The molecule has 122 valence electrons. The number of aryl methyl sites for hydroxylation is 1. The first kappa shape index (κ1) is 16.9. The lowest BCUT2D eigenvalue weighted by atomic mass is 9.69. The second kappa shape index (κ2) is 5.83. The summed E-state index contributed by atoms with van der Waals surface area (Å²) in [5.41, 5.74) is 5.45. The Kier molecular flexibility index (Phi) is 4.28. The van der Waals surface area contributed by atoms with Gasteiger partial charge in [0.05, 0.1) is 0 Å². The molecule has 0 saturated heterocycles. The molecule has 1 unspecified atom stereocenters. The minimum atomic E-state index is -0.315. The Hall–Kier alpha value is -0.970. The molecule has 2 nitrogen and oxygen atoms in total. The van der Waals surface area contributed by atoms with Gasteiger partial charge in [0.2, 0.25) is 11.6 Å². The number of Topliss-reactive ketones (excluding diaryl/α,β-unsaturated/α-hetero) is 2. The Morgan fingerprint density at radius 1 is 1.09 bits per heavy atom. The fraction of sp³-hybridized carbons (Fsp3) is 0.500. The van der Waals surface area contributed by atoms with Crippen LogP contribution in [0.25, 0.3) is 5.57 Å². The number of rotatable bonds is 2. The molecule has 0 aliphatic heterocycles. The van der Waals surface area contributed by atoms with E-state index in [0.29, 0.717) is 11.1 Å². The third-order valence-electron chi connectivity index (χ3n) is 5.61. The number of alkyl halides is 1. The largest absolute Gasteiger partial charge is 0.285 e. The van der Waals surface area contributed by atoms with E-state index in [1.165, 1.54) is 12.0 Å². The standard InChI is InChI=1S/C20H23IO2/c1-11-14-10-9-13-7-5-6-8-15(13)16(14)18(22)19(23)17(11)20(3,4)12(2)21/h9-10,12H,5-8H2,1-4H3. The summed E-state index contributed by atoms with van der Waals surface area (Å²) in [5, 5.41) is 0. The van der Waals surface area contributed by atoms with Crippen LogP contribution in [0.1, 0.15) is 67.6 Å². The maximum Gasteiger partial charge on any atom is 0.234 e. The molecular weight excluding hydrogens is 399 g/mol. The van der Waals surface area contributed by atoms with Crippen molar-refractivity contribution >= 4 is 39.7 Å². The molecule has 2 aliphatic rings. The van der Waals surface area contributed by atoms with E-state index in [2.05, 4.69) is 55.5 Å². The average Bonchev–Trinajstić information content (AvgIpc) is 2.51. The first-order valence-electron chi connectivity index (χ1n) is 8.36. The Morgan fingerprint density at radius 2 is 1.74 bits per heavy atom. The number of carbonyl (C=O) groups excluding carboxylic acids is 2. The van der Waals surface area contributed by atoms with E-state index in [-0.39, 0.29) is 20.9 Å². The van der Waals surface area contributed by atoms with Crippen LogP contribution < -0.4 is 0 Å². The highest BCUT2D eigenvalue weighted by Gasteiger charge is 2.42. The molecule has 1 aromatic rings. The summed E-state index contributed by atoms with van der Waals surface area (Å²) in [5.74, 6) is -0.577. The molecule has 0 heterocycles. The molecule has 0 spiro atoms. The van der Waals surface area contributed by atoms with Gasteiger partial charge in [-0.1, -0.05) is 55.5 Å². The summed E-state index contributed by atoms with van der Waals surface area (Å²) in [7, 11) is 0. The van der Waals surface area contributed by atoms with Gasteiger partial charge in [0.1, 0.15) is 0 Å². The van der Waals surface area contributed by atoms with Gasteiger partial charge in [0.15, 0.2) is 0 Å². The lowest BCUT2D eigenvalue weighted by molar-refractivity contribution is -0.112. The molecule has 3 heteroatoms. The minimum Gasteiger partial charge on any atom is -0.285 e. The molecule has 0 aromatic heterocycles. The Labute approximate surface area is 151 Å². The topological polar surface area (TPSA) is 34.1 Å². The first-order chi connectivity index (χ1) is 10.8. The van der Waals surface area contributed by atoms with Crippen LogP contribution >= 0.6 is 22.6 Å². The van der Waals surface area contributed by atoms with Crippen molar-refractivity contribution in [2.75, 3.05) is 0 Å². The number of ketones is 2. The zero-order chi connectivity index (χ0) is 16.9. The third kappa shape index (κ3) is 2.51. The number of hydrogen-bond acceptors (Lipinski definition) is 2. The fourth-order valence-corrected chi connectivity index (χ4v) is 4.22. The summed E-state index contributed by atoms with van der Waals surface area (Å²) in [6, 6.07) is 4.23. The van der Waals surface area contributed by atoms with Gasteiger partial charge < -0.3 is 0 Å². The fourth-order valence-electron chi connectivity index (χ4n) is 3.91. The van der Waals surface area contributed by atoms with Crippen molar-refractivity contribution < 1.29 is 9.59 Å². The number of carbonyl (C=O) groups is 2. The molecule has 0 amide bonds. The summed E-state index contributed by atoms with van der Waals surface area (Å²) < 4.78 is 0.265. The van der Waals surface area contributed by atoms with E-state index in [4.69, 9.17) is 0 Å². The highest BCUT2D eigenvalue weighted by atomic mass is 127. The SMILES string of the molecule is CC1=C(C(C)(C)C(C)I)C(=O)C(=O)c2c1ccc1c2CCCC1. The van der Waals surface area contributed by atoms with E-state index in [1.807, 2.05) is 6.92 Å². The zero-order valence-corrected chi connectivity index (χ0v) is 16.4. The van der Waals surface area contributed by atoms with Gasteiger partial charge in [-0.15, -0.1) is 0 Å². The summed E-state index contributed by atoms with van der Waals surface area (Å²) >= 11 is 2.35. The number of allylic oxidation sites excluding steroid dienone is 2. The van der Waals surface area contributed by atoms with E-state index >= 15 is 0 Å². The molecule has 0 N–H and O–H groups in total. The molecule has 0 radical (unpaired) electrons. The van der Waals surface area contributed by atoms with Crippen molar-refractivity contribution in [1.29, 1.82) is 0 Å². The Morgan fingerprint density at radius 3 is 2.39 bits per heavy atom. The monoisotopic (exact) mass is 422 g/mol. The molecule has 0 fully saturated rings. The lowest BCUT2D eigenvalue weighted by Gasteiger charge is -2.35. The molecule has 2 aliphatic carbocycles. The maximum absolute atomic E-state index is 12.9. The second-order valence-corrected chi connectivity index (χ2v) is 9.20. The van der Waals surface area contributed by atoms with Gasteiger partial charge in [-0.2, -0.15) is 0 Å². The van der Waals surface area contributed by atoms with Gasteiger partial charge in [-0.25, -0.2) is 0 Å². The van der Waals surface area contributed by atoms with E-state index < -0.39 is 0 Å². The number of benzene rings is 1. The summed E-state index contributed by atoms with van der Waals surface area (Å²) in [6.07, 6.45) is 4.23. The number of halogens is 1. The maximum atomic E-state index is 12.9. The molecule has 0 bridgehead atoms. The zero-order valence-electron chi connectivity index (χ0n) is 14.3. The van der Waals surface area contributed by atoms with Crippen LogP contribution in [0.4, 0.5) is 0 Å². The average molecular weight is 422 g/mol. The van der Waals surface area contributed by atoms with E-state index in [1.54, 1.807) is 0 Å². The van der Waals surface area contributed by atoms with Crippen molar-refractivity contribution in [2.45, 2.75) is 57.3 Å². The van der Waals surface area contributed by atoms with Crippen LogP contribution in [-0.4, -0.2) is 15.5 Å². The van der Waals surface area contributed by atoms with Gasteiger partial charge in [-0.3, -0.25) is 9.59 Å². The van der Waals surface area contributed by atoms with Crippen LogP contribution in [0.2, 0.25) is 0 Å². The molecule has 1 aromatic carbocycles. The molecule has 1 atom stereocenters. The van der Waals surface area contributed by atoms with Gasteiger partial charge in [-0.05, 0) is 54.9 Å². The Bertz CT molecular complexity index is 738. The first-order valence-corrected chi connectivity index (χ1v) is 9.61. The van der Waals surface area contributed by atoms with E-state index in [9.17, 15) is 9.59 Å². The smallest absolute Gasteiger partial charge is 0.234 e. The number of hydrogen-bond donors (Lipinski definition) is 0. The predicted molar refractivity (Wildman–Crippen MR) is 102 cm³/mol. The molecular formula is C20H23IO2. The minimum absolute atomic E-state index is 0.265. The predicted octanol–water partition coefficient (Wildman–Crippen LogP) is 4.95. The third-order valence-corrected chi connectivity index (χ3v) is 7.17. The molecule has 3 rings (SSSR count). The van der Waals surface area contributed by atoms with Gasteiger partial charge >= 0.3 is 0 Å². The van der Waals surface area contributed by atoms with Crippen molar-refractivity contribution in [3.63, 3.8) is 0 Å². The van der Waals surface area contributed by atoms with Gasteiger partial charge in [0.25, 0.3) is 0 Å². The Balaban J connectivity index is 2.28. The highest BCUT2D eigenvalue weighted by molar-refractivity contribution is 14.1. The normalized spacial score (nSPS) is 19.5. The van der Waals surface area contributed by atoms with E-state index in [0.717, 1.165) is 36.0 Å². The van der Waals surface area contributed by atoms with Crippen LogP contribution in [0.15, 0.2) is 17.7 Å². The van der Waals surface area contributed by atoms with Crippen molar-refractivity contribution in [2.24, 2.45) is 5.41 Å². The lowest BCUT2D eigenvalue weighted by Crippen LogP contribution is -2.36. The molecule has 23 heavy (non-hydrogen) atoms. The second-order valence-electron chi connectivity index (χ2n) is 7.33. The number of fused-ring (bicyclic) bond motifs is 3. The highest BCUT2D eigenvalue weighted by Crippen LogP contribution is 2.44. The van der Waals surface area contributed by atoms with Crippen LogP contribution in [-0.2, 0) is 17.6 Å². The van der Waals surface area contributed by atoms with Crippen molar-refractivity contribution in [3.8, 4) is 0 Å². The molecule has 0 saturated carbocycles. The summed E-state index contributed by atoms with van der Waals surface area (Å²) in [4.78, 5) is 25.9.